The number of ketones is 1. The van der Waals surface area contributed by atoms with Gasteiger partial charge in [0.15, 0.2) is 0 Å². The van der Waals surface area contributed by atoms with Crippen LogP contribution in [0.4, 0.5) is 0 Å². The van der Waals surface area contributed by atoms with Crippen molar-refractivity contribution in [2.24, 2.45) is 0 Å². The maximum absolute atomic E-state index is 11.1. The average Bonchev–Trinajstić information content (AvgIpc) is 2.02. The van der Waals surface area contributed by atoms with Gasteiger partial charge in [-0.3, -0.25) is 4.79 Å². The molecule has 0 spiro atoms. The number of aliphatic hydroxyl groups is 1. The third-order valence-electron chi connectivity index (χ3n) is 1.50. The fourth-order valence-corrected chi connectivity index (χ4v) is 1.86. The van der Waals surface area contributed by atoms with Crippen LogP contribution in [-0.2, 0) is 4.79 Å². The number of thioether (sulfide) groups is 1. The zero-order chi connectivity index (χ0) is 8.85. The fraction of sp³-hybridized carbons (Fsp3) is 0.875. The van der Waals surface area contributed by atoms with E-state index in [2.05, 4.69) is 0 Å². The minimum absolute atomic E-state index is 0.0298. The topological polar surface area (TPSA) is 37.3 Å². The van der Waals surface area contributed by atoms with E-state index in [1.54, 1.807) is 0 Å². The van der Waals surface area contributed by atoms with Gasteiger partial charge in [0.2, 0.25) is 0 Å². The van der Waals surface area contributed by atoms with Crippen LogP contribution in [0.15, 0.2) is 0 Å². The summed E-state index contributed by atoms with van der Waals surface area (Å²) in [4.78, 5) is 11.1. The first kappa shape index (κ1) is 11.0. The molecule has 0 aliphatic heterocycles. The number of carbonyl (C=O) groups is 1. The standard InChI is InChI=1S/C8H16O2S/c1-4-8(10)7(3)11-6(2)5-9/h6-7,9H,4-5H2,1-3H3. The van der Waals surface area contributed by atoms with E-state index >= 15 is 0 Å². The Morgan fingerprint density at radius 2 is 2.09 bits per heavy atom. The molecule has 66 valence electrons. The van der Waals surface area contributed by atoms with Crippen LogP contribution < -0.4 is 0 Å². The molecular weight excluding hydrogens is 160 g/mol. The van der Waals surface area contributed by atoms with E-state index < -0.39 is 0 Å². The van der Waals surface area contributed by atoms with E-state index in [-0.39, 0.29) is 22.9 Å². The lowest BCUT2D eigenvalue weighted by Crippen LogP contribution is -2.16. The van der Waals surface area contributed by atoms with Crippen molar-refractivity contribution in [2.75, 3.05) is 6.61 Å². The molecule has 1 N–H and O–H groups in total. The molecule has 0 aromatic heterocycles. The van der Waals surface area contributed by atoms with Crippen LogP contribution in [0.2, 0.25) is 0 Å². The molecular formula is C8H16O2S. The van der Waals surface area contributed by atoms with E-state index in [0.717, 1.165) is 0 Å². The Kier molecular flexibility index (Phi) is 5.60. The van der Waals surface area contributed by atoms with Crippen molar-refractivity contribution in [3.8, 4) is 0 Å². The minimum Gasteiger partial charge on any atom is -0.395 e. The highest BCUT2D eigenvalue weighted by Crippen LogP contribution is 2.18. The molecule has 0 bridgehead atoms. The molecule has 0 aromatic rings. The van der Waals surface area contributed by atoms with Gasteiger partial charge in [0, 0.05) is 11.7 Å². The van der Waals surface area contributed by atoms with Gasteiger partial charge in [-0.15, -0.1) is 11.8 Å². The molecule has 2 atom stereocenters. The Labute approximate surface area is 72.4 Å². The smallest absolute Gasteiger partial charge is 0.145 e. The van der Waals surface area contributed by atoms with Crippen LogP contribution in [0.3, 0.4) is 0 Å². The molecule has 3 heteroatoms. The van der Waals surface area contributed by atoms with Gasteiger partial charge in [0.1, 0.15) is 5.78 Å². The zero-order valence-corrected chi connectivity index (χ0v) is 8.15. The third kappa shape index (κ3) is 4.43. The summed E-state index contributed by atoms with van der Waals surface area (Å²) in [6.45, 7) is 5.82. The Bertz CT molecular complexity index is 125. The highest BCUT2D eigenvalue weighted by Gasteiger charge is 2.13. The van der Waals surface area contributed by atoms with Gasteiger partial charge in [-0.2, -0.15) is 0 Å². The monoisotopic (exact) mass is 176 g/mol. The summed E-state index contributed by atoms with van der Waals surface area (Å²) >= 11 is 1.53. The number of hydrogen-bond donors (Lipinski definition) is 1. The summed E-state index contributed by atoms with van der Waals surface area (Å²) < 4.78 is 0. The fourth-order valence-electron chi connectivity index (χ4n) is 0.755. The highest BCUT2D eigenvalue weighted by molar-refractivity contribution is 8.01. The molecule has 0 aliphatic carbocycles. The highest BCUT2D eigenvalue weighted by atomic mass is 32.2. The van der Waals surface area contributed by atoms with Gasteiger partial charge < -0.3 is 5.11 Å². The predicted octanol–water partition coefficient (Wildman–Crippen LogP) is 1.47. The van der Waals surface area contributed by atoms with Crippen LogP contribution in [-0.4, -0.2) is 28.0 Å². The molecule has 2 nitrogen and oxygen atoms in total. The summed E-state index contributed by atoms with van der Waals surface area (Å²) in [7, 11) is 0. The molecule has 0 rings (SSSR count). The molecule has 11 heavy (non-hydrogen) atoms. The average molecular weight is 176 g/mol. The first-order valence-electron chi connectivity index (χ1n) is 3.90. The van der Waals surface area contributed by atoms with Crippen LogP contribution in [0.25, 0.3) is 0 Å². The molecule has 0 aliphatic rings. The van der Waals surface area contributed by atoms with Crippen molar-refractivity contribution in [2.45, 2.75) is 37.7 Å². The Morgan fingerprint density at radius 3 is 2.45 bits per heavy atom. The second kappa shape index (κ2) is 5.61. The maximum Gasteiger partial charge on any atom is 0.145 e. The third-order valence-corrected chi connectivity index (χ3v) is 2.78. The van der Waals surface area contributed by atoms with Crippen LogP contribution in [0.1, 0.15) is 27.2 Å². The summed E-state index contributed by atoms with van der Waals surface area (Å²) in [6.07, 6.45) is 0.590. The van der Waals surface area contributed by atoms with E-state index in [0.29, 0.717) is 6.42 Å². The molecule has 0 fully saturated rings. The quantitative estimate of drug-likeness (QED) is 0.689. The summed E-state index contributed by atoms with van der Waals surface area (Å²) in [5.41, 5.74) is 0. The van der Waals surface area contributed by atoms with Crippen molar-refractivity contribution in [1.82, 2.24) is 0 Å². The van der Waals surface area contributed by atoms with E-state index in [1.807, 2.05) is 20.8 Å². The van der Waals surface area contributed by atoms with Crippen LogP contribution in [0, 0.1) is 0 Å². The van der Waals surface area contributed by atoms with Gasteiger partial charge in [0.25, 0.3) is 0 Å². The second-order valence-electron chi connectivity index (χ2n) is 2.59. The van der Waals surface area contributed by atoms with Gasteiger partial charge >= 0.3 is 0 Å². The largest absolute Gasteiger partial charge is 0.395 e. The molecule has 2 unspecified atom stereocenters. The summed E-state index contributed by atoms with van der Waals surface area (Å²) in [5, 5.41) is 8.90. The first-order chi connectivity index (χ1) is 5.11. The van der Waals surface area contributed by atoms with Crippen molar-refractivity contribution >= 4 is 17.5 Å². The van der Waals surface area contributed by atoms with Gasteiger partial charge in [-0.25, -0.2) is 0 Å². The molecule has 0 saturated carbocycles. The lowest BCUT2D eigenvalue weighted by molar-refractivity contribution is -0.118. The zero-order valence-electron chi connectivity index (χ0n) is 7.33. The van der Waals surface area contributed by atoms with Crippen LogP contribution >= 0.6 is 11.8 Å². The molecule has 0 saturated heterocycles. The van der Waals surface area contributed by atoms with Crippen molar-refractivity contribution in [3.63, 3.8) is 0 Å². The Hall–Kier alpha value is -0.0200. The van der Waals surface area contributed by atoms with Crippen molar-refractivity contribution in [1.29, 1.82) is 0 Å². The minimum atomic E-state index is 0.0298. The Morgan fingerprint density at radius 1 is 1.55 bits per heavy atom. The molecule has 0 radical (unpaired) electrons. The predicted molar refractivity (Wildman–Crippen MR) is 48.9 cm³/mol. The van der Waals surface area contributed by atoms with Crippen molar-refractivity contribution in [3.05, 3.63) is 0 Å². The lowest BCUT2D eigenvalue weighted by atomic mass is 10.2. The second-order valence-corrected chi connectivity index (χ2v) is 4.38. The normalized spacial score (nSPS) is 16.0. The van der Waals surface area contributed by atoms with Crippen molar-refractivity contribution < 1.29 is 9.90 Å². The molecule has 0 heterocycles. The number of aliphatic hydroxyl groups excluding tert-OH is 1. The summed E-state index contributed by atoms with van der Waals surface area (Å²) in [5.74, 6) is 0.260. The van der Waals surface area contributed by atoms with E-state index in [1.165, 1.54) is 11.8 Å². The number of rotatable bonds is 5. The number of Topliss-reactive ketones (excluding diaryl/α,β-unsaturated/α-hetero) is 1. The van der Waals surface area contributed by atoms with Gasteiger partial charge in [-0.1, -0.05) is 13.8 Å². The number of hydrogen-bond acceptors (Lipinski definition) is 3. The molecule has 0 amide bonds. The Balaban J connectivity index is 3.67. The van der Waals surface area contributed by atoms with E-state index in [9.17, 15) is 4.79 Å². The first-order valence-corrected chi connectivity index (χ1v) is 4.85. The number of carbonyl (C=O) groups excluding carboxylic acids is 1. The maximum atomic E-state index is 11.1. The molecule has 0 aromatic carbocycles. The summed E-state index contributed by atoms with van der Waals surface area (Å²) in [6, 6.07) is 0. The van der Waals surface area contributed by atoms with Gasteiger partial charge in [0.05, 0.1) is 11.9 Å². The lowest BCUT2D eigenvalue weighted by Gasteiger charge is -2.12. The van der Waals surface area contributed by atoms with Gasteiger partial charge in [-0.05, 0) is 6.92 Å². The van der Waals surface area contributed by atoms with E-state index in [4.69, 9.17) is 5.11 Å². The SMILES string of the molecule is CCC(=O)C(C)SC(C)CO. The van der Waals surface area contributed by atoms with Crippen LogP contribution in [0.5, 0.6) is 0 Å².